The van der Waals surface area contributed by atoms with Gasteiger partial charge < -0.3 is 28.3 Å². The van der Waals surface area contributed by atoms with E-state index in [1.807, 2.05) is 24.3 Å². The van der Waals surface area contributed by atoms with Gasteiger partial charge in [0.1, 0.15) is 12.7 Å². The van der Waals surface area contributed by atoms with Crippen molar-refractivity contribution in [2.24, 2.45) is 0 Å². The summed E-state index contributed by atoms with van der Waals surface area (Å²) in [5, 5.41) is 1.09. The smallest absolute Gasteiger partial charge is 0.303 e. The van der Waals surface area contributed by atoms with Gasteiger partial charge in [0.15, 0.2) is 24.5 Å². The second-order valence-electron chi connectivity index (χ2n) is 9.65. The van der Waals surface area contributed by atoms with Crippen molar-refractivity contribution in [3.8, 4) is 0 Å². The van der Waals surface area contributed by atoms with Crippen molar-refractivity contribution in [3.63, 3.8) is 0 Å². The Morgan fingerprint density at radius 1 is 0.857 bits per heavy atom. The molecule has 0 saturated carbocycles. The van der Waals surface area contributed by atoms with Gasteiger partial charge in [-0.15, -0.1) is 0 Å². The lowest BCUT2D eigenvalue weighted by atomic mass is 9.97. The highest BCUT2D eigenvalue weighted by molar-refractivity contribution is 6.35. The zero-order valence-electron chi connectivity index (χ0n) is 27.0. The number of carbonyl (C=O) groups is 4. The van der Waals surface area contributed by atoms with E-state index >= 15 is 0 Å². The summed E-state index contributed by atoms with van der Waals surface area (Å²) in [5.74, 6) is -4.03. The van der Waals surface area contributed by atoms with Crippen molar-refractivity contribution < 1.29 is 48.3 Å². The largest absolute Gasteiger partial charge is 0.463 e. The quantitative estimate of drug-likeness (QED) is 0.253. The minimum Gasteiger partial charge on any atom is -0.463 e. The number of fused-ring (bicyclic) bond motifs is 1. The van der Waals surface area contributed by atoms with Crippen molar-refractivity contribution >= 4 is 46.4 Å². The summed E-state index contributed by atoms with van der Waals surface area (Å²) in [6.07, 6.45) is -4.29. The lowest BCUT2D eigenvalue weighted by molar-refractivity contribution is -0.267. The minimum absolute atomic E-state index is 0.423. The highest BCUT2D eigenvalue weighted by Gasteiger charge is 2.53. The monoisotopic (exact) mass is 603 g/mol. The van der Waals surface area contributed by atoms with Gasteiger partial charge in [0.2, 0.25) is 0 Å². The van der Waals surface area contributed by atoms with Crippen molar-refractivity contribution in [2.75, 3.05) is 6.61 Å². The SMILES string of the molecule is [2H]CC(=O)OC[C@H]1OC(n2cc(Cc3ccc(CC)cc3)c3c(Cl)cccc32)[C@H](OC(=O)C[2H])[C@@H](OC(=O)C[2H])[C@@H]1OC(=O)C[2H]. The van der Waals surface area contributed by atoms with Crippen LogP contribution >= 0.6 is 11.6 Å². The number of benzene rings is 2. The van der Waals surface area contributed by atoms with E-state index in [0.29, 0.717) is 22.3 Å². The van der Waals surface area contributed by atoms with Crippen molar-refractivity contribution in [1.29, 1.82) is 0 Å². The zero-order valence-corrected chi connectivity index (χ0v) is 23.7. The minimum atomic E-state index is -1.61. The molecule has 1 saturated heterocycles. The van der Waals surface area contributed by atoms with Gasteiger partial charge in [-0.2, -0.15) is 0 Å². The standard InChI is InChI=1S/C31H34ClNO9/c1-6-21-10-12-22(13-11-21)14-23-15-33(25-9-7-8-24(32)27(23)25)31-30(41-20(5)37)29(40-19(4)36)28(39-18(3)35)26(42-31)16-38-17(2)34/h7-13,15,26,28-31H,6,14,16H2,1-5H3/t26-,28-,29+,30-,31?/m1/s1/i2D,3D,4D,5D. The molecule has 224 valence electrons. The molecule has 2 heterocycles. The molecule has 3 aromatic rings. The maximum Gasteiger partial charge on any atom is 0.303 e. The van der Waals surface area contributed by atoms with Crippen molar-refractivity contribution in [2.45, 2.75) is 78.0 Å². The first-order valence-corrected chi connectivity index (χ1v) is 13.4. The predicted molar refractivity (Wildman–Crippen MR) is 153 cm³/mol. The van der Waals surface area contributed by atoms with Gasteiger partial charge in [-0.1, -0.05) is 48.9 Å². The Hall–Kier alpha value is -3.89. The summed E-state index contributed by atoms with van der Waals surface area (Å²) in [5.41, 5.74) is 3.48. The number of aromatic nitrogens is 1. The van der Waals surface area contributed by atoms with Crippen LogP contribution in [0.5, 0.6) is 0 Å². The van der Waals surface area contributed by atoms with E-state index in [2.05, 4.69) is 6.92 Å². The maximum atomic E-state index is 12.6. The fraction of sp³-hybridized carbons (Fsp3) is 0.419. The zero-order chi connectivity index (χ0) is 33.4. The average Bonchev–Trinajstić information content (AvgIpc) is 3.44. The molecule has 5 atom stereocenters. The third-order valence-corrected chi connectivity index (χ3v) is 7.12. The number of aryl methyl sites for hydroxylation is 1. The van der Waals surface area contributed by atoms with Gasteiger partial charge in [0.05, 0.1) is 10.5 Å². The van der Waals surface area contributed by atoms with Crippen LogP contribution in [-0.2, 0) is 55.7 Å². The molecule has 1 unspecified atom stereocenters. The molecule has 0 aliphatic carbocycles. The first kappa shape index (κ1) is 25.8. The first-order valence-electron chi connectivity index (χ1n) is 15.9. The molecular weight excluding hydrogens is 566 g/mol. The number of rotatable bonds is 9. The van der Waals surface area contributed by atoms with E-state index in [0.717, 1.165) is 17.5 Å². The highest BCUT2D eigenvalue weighted by atomic mass is 35.5. The highest BCUT2D eigenvalue weighted by Crippen LogP contribution is 2.39. The van der Waals surface area contributed by atoms with Crippen molar-refractivity contribution in [3.05, 3.63) is 70.4 Å². The van der Waals surface area contributed by atoms with Crippen LogP contribution in [0.1, 0.15) is 62.9 Å². The predicted octanol–water partition coefficient (Wildman–Crippen LogP) is 4.70. The summed E-state index contributed by atoms with van der Waals surface area (Å²) in [7, 11) is 0. The molecule has 42 heavy (non-hydrogen) atoms. The summed E-state index contributed by atoms with van der Waals surface area (Å²) in [6.45, 7) is -1.67. The van der Waals surface area contributed by atoms with E-state index in [1.165, 1.54) is 5.56 Å². The third kappa shape index (κ3) is 7.11. The lowest BCUT2D eigenvalue weighted by Crippen LogP contribution is -2.60. The van der Waals surface area contributed by atoms with Crippen LogP contribution in [0.25, 0.3) is 10.9 Å². The second kappa shape index (κ2) is 13.4. The van der Waals surface area contributed by atoms with Crippen LogP contribution in [0.3, 0.4) is 0 Å². The molecule has 1 aromatic heterocycles. The third-order valence-electron chi connectivity index (χ3n) is 6.81. The Kier molecular flexibility index (Phi) is 8.22. The molecule has 0 spiro atoms. The number of hydrogen-bond acceptors (Lipinski definition) is 9. The van der Waals surface area contributed by atoms with Crippen LogP contribution in [0.2, 0.25) is 5.02 Å². The van der Waals surface area contributed by atoms with Crippen LogP contribution in [0.4, 0.5) is 0 Å². The molecule has 0 amide bonds. The van der Waals surface area contributed by atoms with Gasteiger partial charge in [-0.3, -0.25) is 19.2 Å². The van der Waals surface area contributed by atoms with Crippen LogP contribution in [0.15, 0.2) is 48.7 Å². The molecule has 4 rings (SSSR count). The van der Waals surface area contributed by atoms with Gasteiger partial charge in [0.25, 0.3) is 0 Å². The molecule has 1 aliphatic rings. The van der Waals surface area contributed by atoms with Gasteiger partial charge in [-0.05, 0) is 41.7 Å². The van der Waals surface area contributed by atoms with E-state index in [9.17, 15) is 19.2 Å². The van der Waals surface area contributed by atoms with E-state index in [-0.39, 0.29) is 0 Å². The summed E-state index contributed by atoms with van der Waals surface area (Å²) < 4.78 is 59.5. The Balaban J connectivity index is 1.88. The Labute approximate surface area is 254 Å². The topological polar surface area (TPSA) is 119 Å². The summed E-state index contributed by atoms with van der Waals surface area (Å²) >= 11 is 6.71. The van der Waals surface area contributed by atoms with Gasteiger partial charge >= 0.3 is 23.9 Å². The van der Waals surface area contributed by atoms with Gasteiger partial charge in [0, 0.05) is 44.7 Å². The second-order valence-corrected chi connectivity index (χ2v) is 10.1. The number of nitrogens with zero attached hydrogens (tertiary/aromatic N) is 1. The molecule has 0 radical (unpaired) electrons. The summed E-state index contributed by atoms with van der Waals surface area (Å²) in [6, 6.07) is 13.3. The van der Waals surface area contributed by atoms with Gasteiger partial charge in [-0.25, -0.2) is 0 Å². The molecule has 11 heteroatoms. The first-order chi connectivity index (χ1) is 22.1. The fourth-order valence-electron chi connectivity index (χ4n) is 5.09. The van der Waals surface area contributed by atoms with Crippen LogP contribution < -0.4 is 0 Å². The van der Waals surface area contributed by atoms with E-state index < -0.39 is 88.7 Å². The van der Waals surface area contributed by atoms with E-state index in [1.54, 1.807) is 29.0 Å². The fourth-order valence-corrected chi connectivity index (χ4v) is 5.38. The maximum absolute atomic E-state index is 12.6. The Morgan fingerprint density at radius 3 is 2.12 bits per heavy atom. The normalized spacial score (nSPS) is 23.1. The Morgan fingerprint density at radius 2 is 1.48 bits per heavy atom. The van der Waals surface area contributed by atoms with Crippen molar-refractivity contribution in [1.82, 2.24) is 4.57 Å². The number of hydrogen-bond donors (Lipinski definition) is 0. The molecule has 10 nitrogen and oxygen atoms in total. The number of carbonyl (C=O) groups excluding carboxylic acids is 4. The number of halogens is 1. The molecule has 0 N–H and O–H groups in total. The lowest BCUT2D eigenvalue weighted by Gasteiger charge is -2.44. The summed E-state index contributed by atoms with van der Waals surface area (Å²) in [4.78, 5) is 49.4. The number of esters is 4. The molecular formula is C31H34ClNO9. The number of ether oxygens (including phenoxy) is 5. The molecule has 0 bridgehead atoms. The molecule has 1 fully saturated rings. The van der Waals surface area contributed by atoms with E-state index in [4.69, 9.17) is 40.8 Å². The van der Waals surface area contributed by atoms with Crippen LogP contribution in [0, 0.1) is 0 Å². The Bertz CT molecular complexity index is 1550. The molecule has 2 aromatic carbocycles. The molecule has 1 aliphatic heterocycles. The van der Waals surface area contributed by atoms with Crippen LogP contribution in [-0.4, -0.2) is 59.5 Å². The average molecular weight is 604 g/mol.